The lowest BCUT2D eigenvalue weighted by molar-refractivity contribution is 0.0876. The van der Waals surface area contributed by atoms with Crippen LogP contribution >= 0.6 is 0 Å². The molecule has 0 fully saturated rings. The molecule has 1 atom stereocenters. The highest BCUT2D eigenvalue weighted by Gasteiger charge is 2.28. The lowest BCUT2D eigenvalue weighted by atomic mass is 9.76. The van der Waals surface area contributed by atoms with E-state index in [0.717, 1.165) is 19.4 Å². The second-order valence-electron chi connectivity index (χ2n) is 8.09. The van der Waals surface area contributed by atoms with E-state index in [1.54, 1.807) is 5.57 Å². The normalized spacial score (nSPS) is 26.8. The molecule has 21 heavy (non-hydrogen) atoms. The van der Waals surface area contributed by atoms with Gasteiger partial charge >= 0.3 is 0 Å². The van der Waals surface area contributed by atoms with Crippen LogP contribution in [0.5, 0.6) is 0 Å². The van der Waals surface area contributed by atoms with Crippen molar-refractivity contribution in [3.05, 3.63) is 35.1 Å². The molecule has 0 radical (unpaired) electrons. The summed E-state index contributed by atoms with van der Waals surface area (Å²) in [6.45, 7) is 12.4. The van der Waals surface area contributed by atoms with Gasteiger partial charge in [0.1, 0.15) is 0 Å². The Morgan fingerprint density at radius 3 is 2.38 bits per heavy atom. The van der Waals surface area contributed by atoms with E-state index in [4.69, 9.17) is 4.74 Å². The molecule has 0 unspecified atom stereocenters. The van der Waals surface area contributed by atoms with Gasteiger partial charge in [0.2, 0.25) is 0 Å². The first-order valence-corrected chi connectivity index (χ1v) is 8.53. The van der Waals surface area contributed by atoms with Crippen LogP contribution in [0, 0.1) is 10.8 Å². The first-order chi connectivity index (χ1) is 9.82. The van der Waals surface area contributed by atoms with Crippen molar-refractivity contribution in [2.45, 2.75) is 73.1 Å². The molecule has 0 saturated heterocycles. The molecule has 0 aromatic rings. The zero-order chi connectivity index (χ0) is 15.5. The third-order valence-corrected chi connectivity index (χ3v) is 5.07. The maximum absolute atomic E-state index is 6.14. The fourth-order valence-corrected chi connectivity index (χ4v) is 3.14. The fraction of sp³-hybridized carbons (Fsp3) is 0.700. The Kier molecular flexibility index (Phi) is 5.01. The summed E-state index contributed by atoms with van der Waals surface area (Å²) in [5.74, 6) is 1.18. The predicted octanol–water partition coefficient (Wildman–Crippen LogP) is 6.18. The summed E-state index contributed by atoms with van der Waals surface area (Å²) in [7, 11) is 0. The van der Waals surface area contributed by atoms with Gasteiger partial charge < -0.3 is 4.74 Å². The molecule has 2 aliphatic carbocycles. The summed E-state index contributed by atoms with van der Waals surface area (Å²) in [6.07, 6.45) is 14.0. The van der Waals surface area contributed by atoms with Crippen molar-refractivity contribution in [1.82, 2.24) is 0 Å². The summed E-state index contributed by atoms with van der Waals surface area (Å²) >= 11 is 0. The van der Waals surface area contributed by atoms with Crippen LogP contribution in [0.25, 0.3) is 0 Å². The second kappa shape index (κ2) is 6.42. The van der Waals surface area contributed by atoms with Gasteiger partial charge in [-0.25, -0.2) is 0 Å². The largest absolute Gasteiger partial charge is 0.497 e. The molecule has 0 aliphatic heterocycles. The lowest BCUT2D eigenvalue weighted by Gasteiger charge is -2.33. The van der Waals surface area contributed by atoms with Crippen molar-refractivity contribution in [1.29, 1.82) is 0 Å². The third kappa shape index (κ3) is 4.49. The summed E-state index contributed by atoms with van der Waals surface area (Å²) in [4.78, 5) is 0. The first-order valence-electron chi connectivity index (χ1n) is 8.53. The second-order valence-corrected chi connectivity index (χ2v) is 8.09. The van der Waals surface area contributed by atoms with Gasteiger partial charge in [0.25, 0.3) is 0 Å². The summed E-state index contributed by atoms with van der Waals surface area (Å²) in [6, 6.07) is 0. The topological polar surface area (TPSA) is 9.23 Å². The molecule has 118 valence electrons. The van der Waals surface area contributed by atoms with Crippen LogP contribution < -0.4 is 0 Å². The van der Waals surface area contributed by atoms with E-state index in [-0.39, 0.29) is 0 Å². The highest BCUT2D eigenvalue weighted by atomic mass is 16.5. The minimum atomic E-state index is 0.290. The first kappa shape index (κ1) is 16.4. The van der Waals surface area contributed by atoms with Crippen molar-refractivity contribution >= 4 is 0 Å². The minimum Gasteiger partial charge on any atom is -0.497 e. The van der Waals surface area contributed by atoms with E-state index in [2.05, 4.69) is 52.8 Å². The van der Waals surface area contributed by atoms with Crippen LogP contribution in [-0.4, -0.2) is 6.61 Å². The van der Waals surface area contributed by atoms with Crippen LogP contribution in [0.15, 0.2) is 35.1 Å². The summed E-state index contributed by atoms with van der Waals surface area (Å²) < 4.78 is 6.14. The Morgan fingerprint density at radius 1 is 1.14 bits per heavy atom. The van der Waals surface area contributed by atoms with Gasteiger partial charge in [-0.2, -0.15) is 0 Å². The van der Waals surface area contributed by atoms with Crippen molar-refractivity contribution in [2.75, 3.05) is 6.61 Å². The Bertz CT molecular complexity index is 459. The average Bonchev–Trinajstić information content (AvgIpc) is 2.46. The van der Waals surface area contributed by atoms with E-state index in [1.165, 1.54) is 37.0 Å². The molecule has 0 heterocycles. The SMILES string of the molecule is CCC1=CC[C@](C)(COC2=CC=C(C(C)(C)C)CC2)CC1. The van der Waals surface area contributed by atoms with Crippen LogP contribution in [0.1, 0.15) is 73.1 Å². The molecular weight excluding hydrogens is 256 g/mol. The minimum absolute atomic E-state index is 0.290. The summed E-state index contributed by atoms with van der Waals surface area (Å²) in [5, 5.41) is 0. The number of rotatable bonds is 4. The molecule has 2 rings (SSSR count). The van der Waals surface area contributed by atoms with Crippen molar-refractivity contribution < 1.29 is 4.74 Å². The molecule has 0 bridgehead atoms. The molecule has 0 aromatic heterocycles. The highest BCUT2D eigenvalue weighted by Crippen LogP contribution is 2.38. The van der Waals surface area contributed by atoms with Crippen molar-refractivity contribution in [3.8, 4) is 0 Å². The number of ether oxygens (including phenoxy) is 1. The van der Waals surface area contributed by atoms with Gasteiger partial charge in [-0.3, -0.25) is 0 Å². The number of allylic oxidation sites excluding steroid dienone is 6. The van der Waals surface area contributed by atoms with Gasteiger partial charge in [0, 0.05) is 11.8 Å². The maximum atomic E-state index is 6.14. The van der Waals surface area contributed by atoms with E-state index in [9.17, 15) is 0 Å². The van der Waals surface area contributed by atoms with E-state index < -0.39 is 0 Å². The van der Waals surface area contributed by atoms with Crippen LogP contribution in [0.4, 0.5) is 0 Å². The lowest BCUT2D eigenvalue weighted by Crippen LogP contribution is -2.25. The van der Waals surface area contributed by atoms with E-state index >= 15 is 0 Å². The van der Waals surface area contributed by atoms with Gasteiger partial charge in [0.05, 0.1) is 12.4 Å². The standard InChI is InChI=1S/C20H32O/c1-6-16-11-13-20(5,14-12-16)15-21-18-9-7-17(8-10-18)19(2,3)4/h7,9,11H,6,8,10,12-15H2,1-5H3/t20-/m0/s1. The molecule has 0 aromatic carbocycles. The monoisotopic (exact) mass is 288 g/mol. The Hall–Kier alpha value is -0.980. The summed E-state index contributed by atoms with van der Waals surface area (Å²) in [5.41, 5.74) is 3.78. The fourth-order valence-electron chi connectivity index (χ4n) is 3.14. The number of hydrogen-bond acceptors (Lipinski definition) is 1. The molecule has 0 amide bonds. The Balaban J connectivity index is 1.89. The molecule has 1 heteroatoms. The van der Waals surface area contributed by atoms with E-state index in [1.807, 2.05) is 0 Å². The van der Waals surface area contributed by atoms with Crippen LogP contribution in [-0.2, 0) is 4.74 Å². The Labute approximate surface area is 131 Å². The third-order valence-electron chi connectivity index (χ3n) is 5.07. The molecule has 1 nitrogen and oxygen atoms in total. The predicted molar refractivity (Wildman–Crippen MR) is 91.1 cm³/mol. The van der Waals surface area contributed by atoms with Gasteiger partial charge in [0.15, 0.2) is 0 Å². The number of hydrogen-bond donors (Lipinski definition) is 0. The Morgan fingerprint density at radius 2 is 1.90 bits per heavy atom. The van der Waals surface area contributed by atoms with Crippen LogP contribution in [0.2, 0.25) is 0 Å². The average molecular weight is 288 g/mol. The maximum Gasteiger partial charge on any atom is 0.0963 e. The zero-order valence-corrected chi connectivity index (χ0v) is 14.6. The molecular formula is C20H32O. The van der Waals surface area contributed by atoms with Crippen LogP contribution in [0.3, 0.4) is 0 Å². The molecule has 0 saturated carbocycles. The van der Waals surface area contributed by atoms with E-state index in [0.29, 0.717) is 10.8 Å². The van der Waals surface area contributed by atoms with Crippen molar-refractivity contribution in [3.63, 3.8) is 0 Å². The highest BCUT2D eigenvalue weighted by molar-refractivity contribution is 5.25. The van der Waals surface area contributed by atoms with Crippen molar-refractivity contribution in [2.24, 2.45) is 10.8 Å². The quantitative estimate of drug-likeness (QED) is 0.561. The zero-order valence-electron chi connectivity index (χ0n) is 14.6. The smallest absolute Gasteiger partial charge is 0.0963 e. The van der Waals surface area contributed by atoms with Gasteiger partial charge in [-0.15, -0.1) is 0 Å². The van der Waals surface area contributed by atoms with Gasteiger partial charge in [-0.05, 0) is 43.6 Å². The molecule has 0 spiro atoms. The molecule has 0 N–H and O–H groups in total. The van der Waals surface area contributed by atoms with Gasteiger partial charge in [-0.1, -0.05) is 57.9 Å². The molecule has 2 aliphatic rings.